The van der Waals surface area contributed by atoms with Crippen LogP contribution in [0.25, 0.3) is 5.69 Å². The van der Waals surface area contributed by atoms with Crippen LogP contribution >= 0.6 is 0 Å². The van der Waals surface area contributed by atoms with Crippen LogP contribution in [0.3, 0.4) is 0 Å². The summed E-state index contributed by atoms with van der Waals surface area (Å²) in [5.74, 6) is -0.378. The molecule has 8 nitrogen and oxygen atoms in total. The van der Waals surface area contributed by atoms with Crippen LogP contribution in [0, 0.1) is 5.82 Å². The lowest BCUT2D eigenvalue weighted by atomic mass is 10.3. The van der Waals surface area contributed by atoms with E-state index in [0.717, 1.165) is 0 Å². The Morgan fingerprint density at radius 3 is 3.00 bits per heavy atom. The van der Waals surface area contributed by atoms with Crippen LogP contribution in [0.4, 0.5) is 4.39 Å². The second-order valence-electron chi connectivity index (χ2n) is 3.62. The highest BCUT2D eigenvalue weighted by molar-refractivity contribution is 5.37. The molecule has 0 aliphatic heterocycles. The van der Waals surface area contributed by atoms with E-state index in [4.69, 9.17) is 4.74 Å². The van der Waals surface area contributed by atoms with Crippen LogP contribution < -0.4 is 4.74 Å². The summed E-state index contributed by atoms with van der Waals surface area (Å²) in [4.78, 5) is 0. The van der Waals surface area contributed by atoms with Crippen molar-refractivity contribution in [2.45, 2.75) is 6.61 Å². The van der Waals surface area contributed by atoms with Gasteiger partial charge in [0.25, 0.3) is 0 Å². The van der Waals surface area contributed by atoms with Crippen LogP contribution in [0.1, 0.15) is 5.69 Å². The van der Waals surface area contributed by atoms with Crippen LogP contribution in [0.15, 0.2) is 30.7 Å². The number of H-pyrrole nitrogens is 1. The second kappa shape index (κ2) is 4.80. The first kappa shape index (κ1) is 11.3. The normalized spacial score (nSPS) is 10.6. The number of nitrogens with zero attached hydrogens (tertiary/aromatic N) is 6. The van der Waals surface area contributed by atoms with Gasteiger partial charge in [-0.1, -0.05) is 0 Å². The van der Waals surface area contributed by atoms with Crippen molar-refractivity contribution < 1.29 is 9.13 Å². The largest absolute Gasteiger partial charge is 0.484 e. The van der Waals surface area contributed by atoms with Crippen molar-refractivity contribution in [3.8, 4) is 11.4 Å². The highest BCUT2D eigenvalue weighted by atomic mass is 19.1. The SMILES string of the molecule is Fc1cc(-n2cnnn2)ccc1OCc1cn[nH]n1. The minimum absolute atomic E-state index is 0.125. The van der Waals surface area contributed by atoms with Gasteiger partial charge >= 0.3 is 0 Å². The number of aromatic amines is 1. The summed E-state index contributed by atoms with van der Waals surface area (Å²) >= 11 is 0. The monoisotopic (exact) mass is 261 g/mol. The Balaban J connectivity index is 1.76. The van der Waals surface area contributed by atoms with E-state index in [0.29, 0.717) is 11.4 Å². The lowest BCUT2D eigenvalue weighted by molar-refractivity contribution is 0.285. The van der Waals surface area contributed by atoms with Crippen molar-refractivity contribution in [2.75, 3.05) is 0 Å². The number of tetrazole rings is 1. The molecule has 0 amide bonds. The van der Waals surface area contributed by atoms with Crippen LogP contribution in [0.2, 0.25) is 0 Å². The maximum atomic E-state index is 13.8. The number of ether oxygens (including phenoxy) is 1. The molecule has 0 saturated carbocycles. The Morgan fingerprint density at radius 2 is 2.32 bits per heavy atom. The van der Waals surface area contributed by atoms with Gasteiger partial charge in [-0.2, -0.15) is 15.4 Å². The molecule has 3 rings (SSSR count). The van der Waals surface area contributed by atoms with Gasteiger partial charge in [0.05, 0.1) is 11.9 Å². The zero-order valence-corrected chi connectivity index (χ0v) is 9.56. The lowest BCUT2D eigenvalue weighted by Crippen LogP contribution is -2.00. The molecule has 96 valence electrons. The average Bonchev–Trinajstić information content (AvgIpc) is 3.10. The zero-order chi connectivity index (χ0) is 13.1. The first-order valence-corrected chi connectivity index (χ1v) is 5.33. The Hall–Kier alpha value is -2.84. The van der Waals surface area contributed by atoms with Crippen molar-refractivity contribution in [3.63, 3.8) is 0 Å². The first-order chi connectivity index (χ1) is 9.33. The van der Waals surface area contributed by atoms with Gasteiger partial charge in [-0.25, -0.2) is 9.07 Å². The molecule has 2 heterocycles. The molecule has 19 heavy (non-hydrogen) atoms. The molecular weight excluding hydrogens is 253 g/mol. The molecular formula is C10H8FN7O. The highest BCUT2D eigenvalue weighted by Gasteiger charge is 2.07. The fourth-order valence-electron chi connectivity index (χ4n) is 1.48. The number of benzene rings is 1. The Morgan fingerprint density at radius 1 is 1.37 bits per heavy atom. The molecule has 0 fully saturated rings. The first-order valence-electron chi connectivity index (χ1n) is 5.33. The van der Waals surface area contributed by atoms with Crippen LogP contribution in [-0.4, -0.2) is 35.6 Å². The summed E-state index contributed by atoms with van der Waals surface area (Å²) in [6, 6.07) is 4.44. The molecule has 3 aromatic rings. The molecule has 0 bridgehead atoms. The van der Waals surface area contributed by atoms with Gasteiger partial charge in [0.2, 0.25) is 0 Å². The number of nitrogens with one attached hydrogen (secondary N) is 1. The molecule has 9 heteroatoms. The fourth-order valence-corrected chi connectivity index (χ4v) is 1.48. The van der Waals surface area contributed by atoms with E-state index in [-0.39, 0.29) is 12.4 Å². The topological polar surface area (TPSA) is 94.4 Å². The maximum Gasteiger partial charge on any atom is 0.167 e. The number of halogens is 1. The summed E-state index contributed by atoms with van der Waals surface area (Å²) < 4.78 is 20.5. The minimum Gasteiger partial charge on any atom is -0.484 e. The highest BCUT2D eigenvalue weighted by Crippen LogP contribution is 2.20. The van der Waals surface area contributed by atoms with E-state index in [9.17, 15) is 4.39 Å². The van der Waals surface area contributed by atoms with Gasteiger partial charge in [0, 0.05) is 6.07 Å². The van der Waals surface area contributed by atoms with Crippen molar-refractivity contribution in [1.82, 2.24) is 35.6 Å². The second-order valence-corrected chi connectivity index (χ2v) is 3.62. The van der Waals surface area contributed by atoms with Gasteiger partial charge in [0.15, 0.2) is 11.6 Å². The van der Waals surface area contributed by atoms with Crippen molar-refractivity contribution >= 4 is 0 Å². The quantitative estimate of drug-likeness (QED) is 0.734. The third-order valence-corrected chi connectivity index (χ3v) is 2.37. The van der Waals surface area contributed by atoms with E-state index >= 15 is 0 Å². The van der Waals surface area contributed by atoms with Crippen molar-refractivity contribution in [3.05, 3.63) is 42.2 Å². The van der Waals surface area contributed by atoms with E-state index in [1.807, 2.05) is 0 Å². The fraction of sp³-hybridized carbons (Fsp3) is 0.100. The molecule has 0 aliphatic carbocycles. The molecule has 0 atom stereocenters. The predicted molar refractivity (Wildman–Crippen MR) is 59.8 cm³/mol. The summed E-state index contributed by atoms with van der Waals surface area (Å²) in [5.41, 5.74) is 1.10. The molecule has 0 radical (unpaired) electrons. The van der Waals surface area contributed by atoms with Gasteiger partial charge in [0.1, 0.15) is 18.6 Å². The van der Waals surface area contributed by atoms with Gasteiger partial charge < -0.3 is 4.74 Å². The Labute approximate surface area is 106 Å². The van der Waals surface area contributed by atoms with E-state index in [1.165, 1.54) is 29.3 Å². The molecule has 0 aliphatic rings. The van der Waals surface area contributed by atoms with Crippen molar-refractivity contribution in [2.24, 2.45) is 0 Å². The summed E-state index contributed by atoms with van der Waals surface area (Å²) in [7, 11) is 0. The molecule has 2 aromatic heterocycles. The maximum absolute atomic E-state index is 13.8. The van der Waals surface area contributed by atoms with E-state index in [2.05, 4.69) is 30.9 Å². The van der Waals surface area contributed by atoms with E-state index in [1.54, 1.807) is 6.07 Å². The van der Waals surface area contributed by atoms with Gasteiger partial charge in [-0.15, -0.1) is 5.10 Å². The van der Waals surface area contributed by atoms with Crippen LogP contribution in [-0.2, 0) is 6.61 Å². The molecule has 0 saturated heterocycles. The molecule has 1 N–H and O–H groups in total. The van der Waals surface area contributed by atoms with Gasteiger partial charge in [-0.05, 0) is 22.6 Å². The predicted octanol–water partition coefficient (Wildman–Crippen LogP) is 0.498. The Bertz CT molecular complexity index is 653. The van der Waals surface area contributed by atoms with Crippen LogP contribution in [0.5, 0.6) is 5.75 Å². The standard InChI is InChI=1S/C10H8FN7O/c11-9-3-8(18-6-13-16-17-18)1-2-10(9)19-5-7-4-12-15-14-7/h1-4,6H,5H2,(H,12,14,15). The lowest BCUT2D eigenvalue weighted by Gasteiger charge is -2.06. The summed E-state index contributed by atoms with van der Waals surface area (Å²) in [6.45, 7) is 0.137. The number of hydrogen-bond donors (Lipinski definition) is 1. The summed E-state index contributed by atoms with van der Waals surface area (Å²) in [5, 5.41) is 20.5. The number of aromatic nitrogens is 7. The zero-order valence-electron chi connectivity index (χ0n) is 9.56. The average molecular weight is 261 g/mol. The number of hydrogen-bond acceptors (Lipinski definition) is 6. The smallest absolute Gasteiger partial charge is 0.167 e. The third-order valence-electron chi connectivity index (χ3n) is 2.37. The number of rotatable bonds is 4. The third kappa shape index (κ3) is 2.39. The minimum atomic E-state index is -0.503. The van der Waals surface area contributed by atoms with Crippen molar-refractivity contribution in [1.29, 1.82) is 0 Å². The van der Waals surface area contributed by atoms with E-state index < -0.39 is 5.82 Å². The molecule has 0 spiro atoms. The van der Waals surface area contributed by atoms with Gasteiger partial charge in [-0.3, -0.25) is 0 Å². The molecule has 1 aromatic carbocycles. The Kier molecular flexibility index (Phi) is 2.85. The summed E-state index contributed by atoms with van der Waals surface area (Å²) in [6.07, 6.45) is 2.89. The molecule has 0 unspecified atom stereocenters.